The van der Waals surface area contributed by atoms with Crippen molar-refractivity contribution >= 4 is 28.2 Å². The minimum absolute atomic E-state index is 0.0519. The Kier molecular flexibility index (Phi) is 6.13. The minimum atomic E-state index is 0.0519. The van der Waals surface area contributed by atoms with Crippen LogP contribution in [-0.2, 0) is 4.79 Å². The fourth-order valence-corrected chi connectivity index (χ4v) is 5.02. The highest BCUT2D eigenvalue weighted by Crippen LogP contribution is 2.34. The molecule has 7 heteroatoms. The zero-order valence-electron chi connectivity index (χ0n) is 17.1. The fraction of sp³-hybridized carbons (Fsp3) is 0.500. The first kappa shape index (κ1) is 19.9. The second-order valence-electron chi connectivity index (χ2n) is 7.80. The van der Waals surface area contributed by atoms with Gasteiger partial charge in [0.2, 0.25) is 16.8 Å². The zero-order chi connectivity index (χ0) is 20.2. The molecule has 1 aromatic carbocycles. The summed E-state index contributed by atoms with van der Waals surface area (Å²) in [6.45, 7) is 2.24. The maximum Gasteiger partial charge on any atom is 0.250 e. The number of hydrogen-bond donors (Lipinski definition) is 1. The van der Waals surface area contributed by atoms with Gasteiger partial charge in [0.05, 0.1) is 12.8 Å². The summed E-state index contributed by atoms with van der Waals surface area (Å²) < 4.78 is 7.25. The van der Waals surface area contributed by atoms with Gasteiger partial charge in [-0.1, -0.05) is 38.3 Å². The highest BCUT2D eigenvalue weighted by atomic mass is 32.1. The lowest BCUT2D eigenvalue weighted by Gasteiger charge is -2.27. The van der Waals surface area contributed by atoms with Gasteiger partial charge in [0, 0.05) is 16.9 Å². The smallest absolute Gasteiger partial charge is 0.250 e. The van der Waals surface area contributed by atoms with Crippen molar-refractivity contribution in [2.45, 2.75) is 51.9 Å². The van der Waals surface area contributed by atoms with Crippen molar-refractivity contribution < 1.29 is 9.53 Å². The third-order valence-electron chi connectivity index (χ3n) is 5.88. The average molecular weight is 413 g/mol. The van der Waals surface area contributed by atoms with Crippen LogP contribution in [0.2, 0.25) is 0 Å². The predicted octanol–water partition coefficient (Wildman–Crippen LogP) is 5.40. The van der Waals surface area contributed by atoms with E-state index in [1.54, 1.807) is 11.6 Å². The van der Waals surface area contributed by atoms with Gasteiger partial charge < -0.3 is 4.74 Å². The van der Waals surface area contributed by atoms with Gasteiger partial charge in [-0.3, -0.25) is 10.1 Å². The number of carbonyl (C=O) groups excluding carboxylic acids is 1. The van der Waals surface area contributed by atoms with Gasteiger partial charge in [-0.2, -0.15) is 4.98 Å². The van der Waals surface area contributed by atoms with E-state index in [9.17, 15) is 4.79 Å². The van der Waals surface area contributed by atoms with Crippen LogP contribution in [0, 0.1) is 11.8 Å². The Morgan fingerprint density at radius 2 is 2.07 bits per heavy atom. The van der Waals surface area contributed by atoms with Crippen LogP contribution in [0.1, 0.15) is 51.9 Å². The predicted molar refractivity (Wildman–Crippen MR) is 116 cm³/mol. The van der Waals surface area contributed by atoms with E-state index in [4.69, 9.17) is 4.74 Å². The topological polar surface area (TPSA) is 68.5 Å². The first-order chi connectivity index (χ1) is 14.2. The Morgan fingerprint density at radius 3 is 2.83 bits per heavy atom. The molecule has 1 N–H and O–H groups in total. The Balaban J connectivity index is 1.45. The zero-order valence-corrected chi connectivity index (χ0v) is 17.9. The van der Waals surface area contributed by atoms with Crippen molar-refractivity contribution in [2.24, 2.45) is 11.8 Å². The Labute approximate surface area is 175 Å². The first-order valence-electron chi connectivity index (χ1n) is 10.5. The Bertz CT molecular complexity index is 972. The molecule has 1 aliphatic carbocycles. The number of methoxy groups -OCH3 is 1. The molecule has 2 aromatic heterocycles. The van der Waals surface area contributed by atoms with Crippen molar-refractivity contribution in [1.82, 2.24) is 14.6 Å². The van der Waals surface area contributed by atoms with Gasteiger partial charge >= 0.3 is 0 Å². The maximum atomic E-state index is 12.7. The summed E-state index contributed by atoms with van der Waals surface area (Å²) in [5, 5.41) is 9.50. The monoisotopic (exact) mass is 412 g/mol. The van der Waals surface area contributed by atoms with Gasteiger partial charge in [0.25, 0.3) is 0 Å². The van der Waals surface area contributed by atoms with Crippen molar-refractivity contribution in [3.05, 3.63) is 29.6 Å². The van der Waals surface area contributed by atoms with Gasteiger partial charge in [-0.15, -0.1) is 16.4 Å². The SMILES string of the molecule is CCCCC1CCC(C(=O)Nc2nc3scc(-c4ccccc4OC)n3n2)CC1. The normalized spacial score (nSPS) is 19.4. The number of fused-ring (bicyclic) bond motifs is 1. The fourth-order valence-electron chi connectivity index (χ4n) is 4.19. The molecule has 2 heterocycles. The molecule has 0 radical (unpaired) electrons. The van der Waals surface area contributed by atoms with Gasteiger partial charge in [0.15, 0.2) is 0 Å². The number of unbranched alkanes of at least 4 members (excludes halogenated alkanes) is 1. The number of thiazole rings is 1. The van der Waals surface area contributed by atoms with Crippen molar-refractivity contribution in [1.29, 1.82) is 0 Å². The van der Waals surface area contributed by atoms with Crippen LogP contribution in [0.3, 0.4) is 0 Å². The quantitative estimate of drug-likeness (QED) is 0.564. The maximum absolute atomic E-state index is 12.7. The van der Waals surface area contributed by atoms with Crippen LogP contribution in [0.5, 0.6) is 5.75 Å². The Morgan fingerprint density at radius 1 is 1.28 bits per heavy atom. The number of nitrogens with one attached hydrogen (secondary N) is 1. The highest BCUT2D eigenvalue weighted by molar-refractivity contribution is 7.15. The number of hydrogen-bond acceptors (Lipinski definition) is 5. The number of benzene rings is 1. The lowest BCUT2D eigenvalue weighted by Crippen LogP contribution is -2.27. The van der Waals surface area contributed by atoms with E-state index < -0.39 is 0 Å². The highest BCUT2D eigenvalue weighted by Gasteiger charge is 2.27. The second kappa shape index (κ2) is 8.95. The van der Waals surface area contributed by atoms with E-state index in [0.717, 1.165) is 53.6 Å². The van der Waals surface area contributed by atoms with Crippen LogP contribution < -0.4 is 10.1 Å². The van der Waals surface area contributed by atoms with E-state index >= 15 is 0 Å². The number of ether oxygens (including phenoxy) is 1. The summed E-state index contributed by atoms with van der Waals surface area (Å²) in [6, 6.07) is 7.83. The van der Waals surface area contributed by atoms with E-state index in [-0.39, 0.29) is 11.8 Å². The number of aromatic nitrogens is 3. The first-order valence-corrected chi connectivity index (χ1v) is 11.4. The number of amides is 1. The third kappa shape index (κ3) is 4.29. The second-order valence-corrected chi connectivity index (χ2v) is 8.64. The standard InChI is InChI=1S/C22H28N4O2S/c1-3-4-7-15-10-12-16(13-11-15)20(27)23-21-24-22-26(25-21)18(14-29-22)17-8-5-6-9-19(17)28-2/h5-6,8-9,14-16H,3-4,7,10-13H2,1-2H3,(H,23,25,27). The largest absolute Gasteiger partial charge is 0.496 e. The summed E-state index contributed by atoms with van der Waals surface area (Å²) in [4.78, 5) is 18.0. The molecule has 3 aromatic rings. The summed E-state index contributed by atoms with van der Waals surface area (Å²) in [5.74, 6) is 2.08. The minimum Gasteiger partial charge on any atom is -0.496 e. The van der Waals surface area contributed by atoms with E-state index in [1.807, 2.05) is 29.6 Å². The summed E-state index contributed by atoms with van der Waals surface area (Å²) in [5.41, 5.74) is 1.86. The molecule has 1 saturated carbocycles. The molecule has 0 aliphatic heterocycles. The van der Waals surface area contributed by atoms with E-state index in [1.165, 1.54) is 30.6 Å². The molecular weight excluding hydrogens is 384 g/mol. The average Bonchev–Trinajstić information content (AvgIpc) is 3.32. The molecular formula is C22H28N4O2S. The number of anilines is 1. The molecule has 1 aliphatic rings. The van der Waals surface area contributed by atoms with Crippen LogP contribution in [0.15, 0.2) is 29.6 Å². The summed E-state index contributed by atoms with van der Waals surface area (Å²) in [6.07, 6.45) is 8.09. The summed E-state index contributed by atoms with van der Waals surface area (Å²) in [7, 11) is 1.66. The number of carbonyl (C=O) groups is 1. The lowest BCUT2D eigenvalue weighted by molar-refractivity contribution is -0.121. The van der Waals surface area contributed by atoms with Crippen LogP contribution in [-0.4, -0.2) is 27.6 Å². The molecule has 6 nitrogen and oxygen atoms in total. The van der Waals surface area contributed by atoms with Crippen LogP contribution in [0.25, 0.3) is 16.2 Å². The number of para-hydroxylation sites is 1. The van der Waals surface area contributed by atoms with Crippen LogP contribution >= 0.6 is 11.3 Å². The van der Waals surface area contributed by atoms with Crippen LogP contribution in [0.4, 0.5) is 5.95 Å². The molecule has 0 spiro atoms. The molecule has 0 bridgehead atoms. The van der Waals surface area contributed by atoms with Gasteiger partial charge in [-0.05, 0) is 43.7 Å². The van der Waals surface area contributed by atoms with Crippen molar-refractivity contribution in [3.63, 3.8) is 0 Å². The van der Waals surface area contributed by atoms with Gasteiger partial charge in [0.1, 0.15) is 5.75 Å². The molecule has 1 amide bonds. The van der Waals surface area contributed by atoms with Gasteiger partial charge in [-0.25, -0.2) is 4.52 Å². The molecule has 4 rings (SSSR count). The molecule has 0 saturated heterocycles. The molecule has 29 heavy (non-hydrogen) atoms. The molecule has 154 valence electrons. The molecule has 1 fully saturated rings. The summed E-state index contributed by atoms with van der Waals surface area (Å²) >= 11 is 1.50. The third-order valence-corrected chi connectivity index (χ3v) is 6.70. The van der Waals surface area contributed by atoms with E-state index in [0.29, 0.717) is 5.95 Å². The van der Waals surface area contributed by atoms with Crippen molar-refractivity contribution in [3.8, 4) is 17.0 Å². The molecule has 0 unspecified atom stereocenters. The molecule has 0 atom stereocenters. The van der Waals surface area contributed by atoms with Crippen molar-refractivity contribution in [2.75, 3.05) is 12.4 Å². The number of nitrogens with zero attached hydrogens (tertiary/aromatic N) is 3. The number of rotatable bonds is 7. The Hall–Kier alpha value is -2.41. The lowest BCUT2D eigenvalue weighted by atomic mass is 9.79. The van der Waals surface area contributed by atoms with E-state index in [2.05, 4.69) is 22.3 Å².